The number of carbonyl (C=O) groups excluding carboxylic acids is 1. The first-order chi connectivity index (χ1) is 12.5. The molecule has 0 aliphatic carbocycles. The van der Waals surface area contributed by atoms with E-state index in [0.717, 1.165) is 5.69 Å². The van der Waals surface area contributed by atoms with Crippen molar-refractivity contribution in [1.29, 1.82) is 0 Å². The number of hydrogen-bond acceptors (Lipinski definition) is 4. The molecule has 0 atom stereocenters. The van der Waals surface area contributed by atoms with E-state index in [1.54, 1.807) is 49.5 Å². The molecule has 3 rings (SSSR count). The van der Waals surface area contributed by atoms with Gasteiger partial charge in [0, 0.05) is 43.5 Å². The van der Waals surface area contributed by atoms with Crippen molar-refractivity contribution in [2.45, 2.75) is 0 Å². The fraction of sp³-hybridized carbons (Fsp3) is 0.316. The number of hydrogen-bond donors (Lipinski definition) is 0. The monoisotopic (exact) mass is 378 g/mol. The van der Waals surface area contributed by atoms with Crippen LogP contribution in [0.15, 0.2) is 36.4 Å². The zero-order chi connectivity index (χ0) is 18.7. The molecule has 1 aliphatic heterocycles. The van der Waals surface area contributed by atoms with E-state index in [1.807, 2.05) is 0 Å². The summed E-state index contributed by atoms with van der Waals surface area (Å²) in [5.41, 5.74) is 1.38. The van der Waals surface area contributed by atoms with Gasteiger partial charge in [0.15, 0.2) is 0 Å². The number of methoxy groups -OCH3 is 2. The van der Waals surface area contributed by atoms with Crippen molar-refractivity contribution in [3.05, 3.63) is 52.8 Å². The van der Waals surface area contributed by atoms with Crippen LogP contribution in [0, 0.1) is 5.82 Å². The maximum absolute atomic E-state index is 13.3. The molecule has 1 amide bonds. The minimum atomic E-state index is -0.434. The highest BCUT2D eigenvalue weighted by Gasteiger charge is 2.23. The summed E-state index contributed by atoms with van der Waals surface area (Å²) in [7, 11) is 3.10. The Morgan fingerprint density at radius 1 is 1.00 bits per heavy atom. The van der Waals surface area contributed by atoms with Crippen LogP contribution in [0.5, 0.6) is 11.5 Å². The van der Waals surface area contributed by atoms with Gasteiger partial charge in [0.2, 0.25) is 0 Å². The fourth-order valence-corrected chi connectivity index (χ4v) is 3.14. The van der Waals surface area contributed by atoms with Crippen LogP contribution in [-0.2, 0) is 0 Å². The predicted molar refractivity (Wildman–Crippen MR) is 99.1 cm³/mol. The quantitative estimate of drug-likeness (QED) is 0.817. The van der Waals surface area contributed by atoms with Gasteiger partial charge in [-0.1, -0.05) is 11.6 Å². The zero-order valence-electron chi connectivity index (χ0n) is 14.7. The number of halogens is 2. The molecular weight excluding hydrogens is 359 g/mol. The maximum atomic E-state index is 13.3. The first kappa shape index (κ1) is 18.3. The van der Waals surface area contributed by atoms with Crippen molar-refractivity contribution in [3.8, 4) is 11.5 Å². The molecule has 5 nitrogen and oxygen atoms in total. The number of nitrogens with zero attached hydrogens (tertiary/aromatic N) is 2. The standard InChI is InChI=1S/C19H20ClFN2O3/c1-25-15-9-13(10-16(12-15)26-2)19(24)23-7-5-22(6-8-23)14-3-4-18(21)17(20)11-14/h3-4,9-12H,5-8H2,1-2H3. The normalized spacial score (nSPS) is 14.3. The molecule has 1 fully saturated rings. The molecule has 1 aliphatic rings. The Balaban J connectivity index is 1.69. The van der Waals surface area contributed by atoms with Crippen molar-refractivity contribution in [2.24, 2.45) is 0 Å². The van der Waals surface area contributed by atoms with E-state index >= 15 is 0 Å². The number of benzene rings is 2. The van der Waals surface area contributed by atoms with E-state index in [-0.39, 0.29) is 10.9 Å². The summed E-state index contributed by atoms with van der Waals surface area (Å²) in [5.74, 6) is 0.648. The molecule has 0 spiro atoms. The van der Waals surface area contributed by atoms with E-state index < -0.39 is 5.82 Å². The van der Waals surface area contributed by atoms with E-state index in [2.05, 4.69) is 4.90 Å². The highest BCUT2D eigenvalue weighted by Crippen LogP contribution is 2.26. The lowest BCUT2D eigenvalue weighted by Gasteiger charge is -2.36. The molecule has 0 aromatic heterocycles. The molecule has 2 aromatic carbocycles. The second-order valence-corrected chi connectivity index (χ2v) is 6.39. The molecule has 7 heteroatoms. The van der Waals surface area contributed by atoms with Crippen LogP contribution in [-0.4, -0.2) is 51.2 Å². The molecule has 2 aromatic rings. The van der Waals surface area contributed by atoms with Gasteiger partial charge in [-0.3, -0.25) is 4.79 Å². The molecule has 1 saturated heterocycles. The largest absolute Gasteiger partial charge is 0.497 e. The van der Waals surface area contributed by atoms with Crippen LogP contribution in [0.1, 0.15) is 10.4 Å². The Morgan fingerprint density at radius 3 is 2.15 bits per heavy atom. The summed E-state index contributed by atoms with van der Waals surface area (Å²) in [4.78, 5) is 16.7. The molecule has 1 heterocycles. The average Bonchev–Trinajstić information content (AvgIpc) is 2.69. The Kier molecular flexibility index (Phi) is 5.52. The van der Waals surface area contributed by atoms with Crippen LogP contribution in [0.2, 0.25) is 5.02 Å². The van der Waals surface area contributed by atoms with Crippen LogP contribution in [0.3, 0.4) is 0 Å². The van der Waals surface area contributed by atoms with Gasteiger partial charge in [0.1, 0.15) is 17.3 Å². The summed E-state index contributed by atoms with van der Waals surface area (Å²) in [6.07, 6.45) is 0. The second kappa shape index (κ2) is 7.83. The van der Waals surface area contributed by atoms with Crippen molar-refractivity contribution >= 4 is 23.2 Å². The summed E-state index contributed by atoms with van der Waals surface area (Å²) < 4.78 is 23.8. The third-order valence-electron chi connectivity index (χ3n) is 4.43. The van der Waals surface area contributed by atoms with Crippen LogP contribution < -0.4 is 14.4 Å². The molecule has 0 unspecified atom stereocenters. The van der Waals surface area contributed by atoms with Gasteiger partial charge in [0.05, 0.1) is 19.2 Å². The smallest absolute Gasteiger partial charge is 0.254 e. The topological polar surface area (TPSA) is 42.0 Å². The van der Waals surface area contributed by atoms with E-state index in [9.17, 15) is 9.18 Å². The first-order valence-electron chi connectivity index (χ1n) is 8.24. The van der Waals surface area contributed by atoms with Gasteiger partial charge in [-0.25, -0.2) is 4.39 Å². The van der Waals surface area contributed by atoms with Gasteiger partial charge < -0.3 is 19.3 Å². The number of rotatable bonds is 4. The van der Waals surface area contributed by atoms with Gasteiger partial charge in [0.25, 0.3) is 5.91 Å². The first-order valence-corrected chi connectivity index (χ1v) is 8.62. The average molecular weight is 379 g/mol. The zero-order valence-corrected chi connectivity index (χ0v) is 15.4. The molecule has 138 valence electrons. The number of carbonyl (C=O) groups is 1. The summed E-state index contributed by atoms with van der Waals surface area (Å²) >= 11 is 5.86. The van der Waals surface area contributed by atoms with Gasteiger partial charge in [-0.15, -0.1) is 0 Å². The highest BCUT2D eigenvalue weighted by molar-refractivity contribution is 6.31. The van der Waals surface area contributed by atoms with Crippen molar-refractivity contribution in [2.75, 3.05) is 45.3 Å². The lowest BCUT2D eigenvalue weighted by atomic mass is 10.1. The van der Waals surface area contributed by atoms with Gasteiger partial charge in [-0.2, -0.15) is 0 Å². The van der Waals surface area contributed by atoms with Crippen LogP contribution in [0.25, 0.3) is 0 Å². The minimum Gasteiger partial charge on any atom is -0.497 e. The van der Waals surface area contributed by atoms with E-state index in [4.69, 9.17) is 21.1 Å². The third kappa shape index (κ3) is 3.85. The fourth-order valence-electron chi connectivity index (χ4n) is 2.96. The number of ether oxygens (including phenoxy) is 2. The number of piperazine rings is 1. The molecule has 0 bridgehead atoms. The van der Waals surface area contributed by atoms with Gasteiger partial charge in [-0.05, 0) is 30.3 Å². The van der Waals surface area contributed by atoms with Crippen molar-refractivity contribution < 1.29 is 18.7 Å². The van der Waals surface area contributed by atoms with E-state index in [1.165, 1.54) is 6.07 Å². The second-order valence-electron chi connectivity index (χ2n) is 5.98. The summed E-state index contributed by atoms with van der Waals surface area (Å²) in [5, 5.41) is 0.101. The Hall–Kier alpha value is -2.47. The van der Waals surface area contributed by atoms with Crippen LogP contribution in [0.4, 0.5) is 10.1 Å². The lowest BCUT2D eigenvalue weighted by molar-refractivity contribution is 0.0746. The molecule has 0 radical (unpaired) electrons. The Labute approximate surface area is 156 Å². The summed E-state index contributed by atoms with van der Waals surface area (Å²) in [6.45, 7) is 2.42. The minimum absolute atomic E-state index is 0.0704. The predicted octanol–water partition coefficient (Wildman–Crippen LogP) is 3.46. The van der Waals surface area contributed by atoms with Crippen molar-refractivity contribution in [1.82, 2.24) is 4.90 Å². The van der Waals surface area contributed by atoms with E-state index in [0.29, 0.717) is 43.2 Å². The SMILES string of the molecule is COc1cc(OC)cc(C(=O)N2CCN(c3ccc(F)c(Cl)c3)CC2)c1. The van der Waals surface area contributed by atoms with Gasteiger partial charge >= 0.3 is 0 Å². The Morgan fingerprint density at radius 2 is 1.62 bits per heavy atom. The molecule has 0 N–H and O–H groups in total. The number of anilines is 1. The molecular formula is C19H20ClFN2O3. The van der Waals surface area contributed by atoms with Crippen LogP contribution >= 0.6 is 11.6 Å². The highest BCUT2D eigenvalue weighted by atomic mass is 35.5. The summed E-state index contributed by atoms with van der Waals surface area (Å²) in [6, 6.07) is 9.81. The van der Waals surface area contributed by atoms with Crippen molar-refractivity contribution in [3.63, 3.8) is 0 Å². The lowest BCUT2D eigenvalue weighted by Crippen LogP contribution is -2.48. The molecule has 0 saturated carbocycles. The number of amides is 1. The molecule has 26 heavy (non-hydrogen) atoms. The third-order valence-corrected chi connectivity index (χ3v) is 4.72. The Bertz CT molecular complexity index is 785. The maximum Gasteiger partial charge on any atom is 0.254 e.